The molecule has 2 aromatic rings. The molecule has 138 valence electrons. The maximum atomic E-state index is 11.8. The van der Waals surface area contributed by atoms with Crippen molar-refractivity contribution in [3.63, 3.8) is 0 Å². The van der Waals surface area contributed by atoms with Gasteiger partial charge in [-0.25, -0.2) is 0 Å². The zero-order chi connectivity index (χ0) is 18.9. The van der Waals surface area contributed by atoms with Crippen molar-refractivity contribution in [2.45, 2.75) is 46.5 Å². The lowest BCUT2D eigenvalue weighted by molar-refractivity contribution is 0.0817. The Bertz CT molecular complexity index is 631. The molecule has 3 rings (SSSR count). The smallest absolute Gasteiger partial charge is 0.233 e. The zero-order valence-corrected chi connectivity index (χ0v) is 16.2. The van der Waals surface area contributed by atoms with Gasteiger partial charge in [-0.1, -0.05) is 94.3 Å². The maximum absolute atomic E-state index is 11.8. The third kappa shape index (κ3) is 5.94. The van der Waals surface area contributed by atoms with Crippen LogP contribution in [0.3, 0.4) is 0 Å². The predicted octanol–water partition coefficient (Wildman–Crippen LogP) is 6.22. The Hall–Kier alpha value is -2.22. The molecule has 0 atom stereocenters. The van der Waals surface area contributed by atoms with Gasteiger partial charge in [0.2, 0.25) is 11.6 Å². The fraction of sp³-hybridized carbons (Fsp3) is 0.417. The second kappa shape index (κ2) is 10.1. The van der Waals surface area contributed by atoms with Crippen LogP contribution in [0.15, 0.2) is 60.7 Å². The van der Waals surface area contributed by atoms with E-state index in [1.807, 2.05) is 12.1 Å². The molecule has 2 aromatic carbocycles. The van der Waals surface area contributed by atoms with Gasteiger partial charge < -0.3 is 0 Å². The Kier molecular flexibility index (Phi) is 7.77. The number of Topliss-reactive ketones (excluding diaryl/α,β-unsaturated/α-hetero) is 2. The summed E-state index contributed by atoms with van der Waals surface area (Å²) in [5, 5.41) is 0. The summed E-state index contributed by atoms with van der Waals surface area (Å²) in [7, 11) is 0. The molecule has 0 N–H and O–H groups in total. The Morgan fingerprint density at radius 3 is 1.46 bits per heavy atom. The third-order valence-electron chi connectivity index (χ3n) is 5.28. The van der Waals surface area contributed by atoms with Crippen molar-refractivity contribution in [3.8, 4) is 0 Å². The summed E-state index contributed by atoms with van der Waals surface area (Å²) in [4.78, 5) is 23.6. The van der Waals surface area contributed by atoms with E-state index in [0.717, 1.165) is 17.8 Å². The van der Waals surface area contributed by atoms with Crippen LogP contribution < -0.4 is 0 Å². The van der Waals surface area contributed by atoms with E-state index in [1.54, 1.807) is 48.5 Å². The van der Waals surface area contributed by atoms with Gasteiger partial charge in [0.15, 0.2) is 0 Å². The van der Waals surface area contributed by atoms with E-state index in [1.165, 1.54) is 25.7 Å². The highest BCUT2D eigenvalue weighted by Crippen LogP contribution is 2.32. The van der Waals surface area contributed by atoms with Crippen molar-refractivity contribution in [3.05, 3.63) is 71.8 Å². The van der Waals surface area contributed by atoms with Crippen LogP contribution in [0.4, 0.5) is 0 Å². The minimum Gasteiger partial charge on any atom is -0.285 e. The summed E-state index contributed by atoms with van der Waals surface area (Å²) >= 11 is 0. The first-order chi connectivity index (χ1) is 12.5. The molecule has 0 bridgehead atoms. The highest BCUT2D eigenvalue weighted by Gasteiger charge is 2.20. The monoisotopic (exact) mass is 350 g/mol. The molecule has 2 nitrogen and oxygen atoms in total. The van der Waals surface area contributed by atoms with Crippen molar-refractivity contribution >= 4 is 11.6 Å². The first-order valence-electron chi connectivity index (χ1n) is 9.68. The van der Waals surface area contributed by atoms with Gasteiger partial charge >= 0.3 is 0 Å². The molecule has 1 aliphatic carbocycles. The topological polar surface area (TPSA) is 34.1 Å². The number of hydrogen-bond donors (Lipinski definition) is 0. The largest absolute Gasteiger partial charge is 0.285 e. The molecule has 0 unspecified atom stereocenters. The SMILES string of the molecule is CC1CCC(C(C)C)CC1.O=C(C(=O)c1ccccc1)c1ccccc1. The van der Waals surface area contributed by atoms with Gasteiger partial charge in [0.25, 0.3) is 0 Å². The van der Waals surface area contributed by atoms with Crippen molar-refractivity contribution in [1.29, 1.82) is 0 Å². The molecular formula is C24H30O2. The van der Waals surface area contributed by atoms with E-state index in [9.17, 15) is 9.59 Å². The van der Waals surface area contributed by atoms with Crippen LogP contribution in [0.25, 0.3) is 0 Å². The average Bonchev–Trinajstić information content (AvgIpc) is 2.69. The predicted molar refractivity (Wildman–Crippen MR) is 108 cm³/mol. The summed E-state index contributed by atoms with van der Waals surface area (Å²) in [5.74, 6) is 2.04. The maximum Gasteiger partial charge on any atom is 0.233 e. The molecular weight excluding hydrogens is 320 g/mol. The Balaban J connectivity index is 0.000000209. The molecule has 1 saturated carbocycles. The molecule has 26 heavy (non-hydrogen) atoms. The Morgan fingerprint density at radius 1 is 0.731 bits per heavy atom. The second-order valence-corrected chi connectivity index (χ2v) is 7.65. The lowest BCUT2D eigenvalue weighted by atomic mass is 9.78. The molecule has 0 aromatic heterocycles. The van der Waals surface area contributed by atoms with E-state index in [0.29, 0.717) is 11.1 Å². The highest BCUT2D eigenvalue weighted by atomic mass is 16.2. The van der Waals surface area contributed by atoms with Crippen molar-refractivity contribution in [2.24, 2.45) is 17.8 Å². The van der Waals surface area contributed by atoms with E-state index in [4.69, 9.17) is 0 Å². The van der Waals surface area contributed by atoms with Crippen molar-refractivity contribution in [1.82, 2.24) is 0 Å². The average molecular weight is 351 g/mol. The molecule has 1 fully saturated rings. The third-order valence-corrected chi connectivity index (χ3v) is 5.28. The number of carbonyl (C=O) groups excluding carboxylic acids is 2. The molecule has 0 amide bonds. The van der Waals surface area contributed by atoms with E-state index in [2.05, 4.69) is 20.8 Å². The number of ketones is 2. The van der Waals surface area contributed by atoms with E-state index in [-0.39, 0.29) is 0 Å². The lowest BCUT2D eigenvalue weighted by Gasteiger charge is -2.28. The van der Waals surface area contributed by atoms with Crippen LogP contribution in [0, 0.1) is 17.8 Å². The number of benzene rings is 2. The van der Waals surface area contributed by atoms with Crippen LogP contribution in [0.5, 0.6) is 0 Å². The van der Waals surface area contributed by atoms with E-state index < -0.39 is 11.6 Å². The second-order valence-electron chi connectivity index (χ2n) is 7.65. The normalized spacial score (nSPS) is 19.4. The standard InChI is InChI=1S/C14H10O2.C10H20/c15-13(11-7-3-1-4-8-11)14(16)12-9-5-2-6-10-12;1-8(2)10-6-4-9(3)5-7-10/h1-10H;8-10H,4-7H2,1-3H3. The van der Waals surface area contributed by atoms with Crippen molar-refractivity contribution in [2.75, 3.05) is 0 Å². The Morgan fingerprint density at radius 2 is 1.12 bits per heavy atom. The van der Waals surface area contributed by atoms with Crippen LogP contribution in [0.1, 0.15) is 67.2 Å². The summed E-state index contributed by atoms with van der Waals surface area (Å²) in [6, 6.07) is 17.2. The fourth-order valence-electron chi connectivity index (χ4n) is 3.39. The number of carbonyl (C=O) groups is 2. The first kappa shape index (κ1) is 20.1. The van der Waals surface area contributed by atoms with Gasteiger partial charge in [0, 0.05) is 11.1 Å². The highest BCUT2D eigenvalue weighted by molar-refractivity contribution is 6.49. The first-order valence-corrected chi connectivity index (χ1v) is 9.68. The molecule has 0 spiro atoms. The summed E-state index contributed by atoms with van der Waals surface area (Å²) in [6.45, 7) is 7.11. The molecule has 0 heterocycles. The van der Waals surface area contributed by atoms with Gasteiger partial charge in [-0.15, -0.1) is 0 Å². The Labute approximate surface area is 157 Å². The minimum atomic E-state index is -0.466. The van der Waals surface area contributed by atoms with Gasteiger partial charge in [-0.2, -0.15) is 0 Å². The van der Waals surface area contributed by atoms with Gasteiger partial charge in [0.1, 0.15) is 0 Å². The zero-order valence-electron chi connectivity index (χ0n) is 16.2. The van der Waals surface area contributed by atoms with Crippen LogP contribution in [0.2, 0.25) is 0 Å². The van der Waals surface area contributed by atoms with Crippen molar-refractivity contribution < 1.29 is 9.59 Å². The fourth-order valence-corrected chi connectivity index (χ4v) is 3.39. The quantitative estimate of drug-likeness (QED) is 0.484. The summed E-state index contributed by atoms with van der Waals surface area (Å²) in [5.41, 5.74) is 0.854. The van der Waals surface area contributed by atoms with Gasteiger partial charge in [0.05, 0.1) is 0 Å². The number of rotatable bonds is 4. The molecule has 0 radical (unpaired) electrons. The molecule has 2 heteroatoms. The minimum absolute atomic E-state index is 0.427. The summed E-state index contributed by atoms with van der Waals surface area (Å²) in [6.07, 6.45) is 5.92. The summed E-state index contributed by atoms with van der Waals surface area (Å²) < 4.78 is 0. The van der Waals surface area contributed by atoms with Crippen LogP contribution >= 0.6 is 0 Å². The van der Waals surface area contributed by atoms with Gasteiger partial charge in [-0.3, -0.25) is 9.59 Å². The number of hydrogen-bond acceptors (Lipinski definition) is 2. The van der Waals surface area contributed by atoms with Crippen LogP contribution in [-0.2, 0) is 0 Å². The van der Waals surface area contributed by atoms with E-state index >= 15 is 0 Å². The van der Waals surface area contributed by atoms with Crippen LogP contribution in [-0.4, -0.2) is 11.6 Å². The molecule has 1 aliphatic rings. The molecule has 0 saturated heterocycles. The molecule has 0 aliphatic heterocycles. The van der Waals surface area contributed by atoms with Gasteiger partial charge in [-0.05, 0) is 30.6 Å². The lowest BCUT2D eigenvalue weighted by Crippen LogP contribution is -2.16.